The Labute approximate surface area is 223 Å². The molecular weight excluding hydrogens is 482 g/mol. The van der Waals surface area contributed by atoms with Crippen molar-refractivity contribution in [3.63, 3.8) is 0 Å². The first-order chi connectivity index (χ1) is 18.8. The van der Waals surface area contributed by atoms with Crippen molar-refractivity contribution in [3.8, 4) is 33.8 Å². The summed E-state index contributed by atoms with van der Waals surface area (Å²) in [5, 5.41) is 3.51. The predicted molar refractivity (Wildman–Crippen MR) is 161 cm³/mol. The lowest BCUT2D eigenvalue weighted by Gasteiger charge is -2.10. The smallest absolute Gasteiger partial charge is 0.161 e. The SMILES string of the molecule is c1ccc(-c2cccc(-c3nc(-c4cccc5[nH]c6ccccc6c45)nc4c3sc3ccccc34)c2)cc1. The van der Waals surface area contributed by atoms with Gasteiger partial charge in [0.05, 0.1) is 15.9 Å². The van der Waals surface area contributed by atoms with E-state index in [1.807, 2.05) is 0 Å². The first kappa shape index (κ1) is 21.3. The van der Waals surface area contributed by atoms with Crippen LogP contribution in [0.15, 0.2) is 121 Å². The fourth-order valence-corrected chi connectivity index (χ4v) is 6.63. The van der Waals surface area contributed by atoms with Crippen LogP contribution in [0, 0.1) is 0 Å². The molecule has 178 valence electrons. The molecule has 0 spiro atoms. The summed E-state index contributed by atoms with van der Waals surface area (Å²) in [4.78, 5) is 14.1. The third kappa shape index (κ3) is 3.28. The van der Waals surface area contributed by atoms with Crippen LogP contribution >= 0.6 is 11.3 Å². The number of aromatic amines is 1. The largest absolute Gasteiger partial charge is 0.354 e. The highest BCUT2D eigenvalue weighted by Crippen LogP contribution is 2.41. The molecule has 0 radical (unpaired) electrons. The van der Waals surface area contributed by atoms with Gasteiger partial charge in [-0.1, -0.05) is 97.1 Å². The van der Waals surface area contributed by atoms with Crippen molar-refractivity contribution in [3.05, 3.63) is 121 Å². The van der Waals surface area contributed by atoms with Gasteiger partial charge in [-0.2, -0.15) is 0 Å². The normalized spacial score (nSPS) is 11.7. The van der Waals surface area contributed by atoms with Crippen LogP contribution in [-0.4, -0.2) is 15.0 Å². The van der Waals surface area contributed by atoms with Crippen LogP contribution in [0.5, 0.6) is 0 Å². The Morgan fingerprint density at radius 2 is 1.26 bits per heavy atom. The summed E-state index contributed by atoms with van der Waals surface area (Å²) in [6, 6.07) is 42.5. The van der Waals surface area contributed by atoms with E-state index in [0.29, 0.717) is 0 Å². The molecule has 0 aliphatic rings. The van der Waals surface area contributed by atoms with Crippen LogP contribution in [0.25, 0.3) is 75.9 Å². The lowest BCUT2D eigenvalue weighted by molar-refractivity contribution is 1.25. The van der Waals surface area contributed by atoms with Gasteiger partial charge in [0.1, 0.15) is 0 Å². The minimum atomic E-state index is 0.747. The number of thiophene rings is 1. The van der Waals surface area contributed by atoms with Gasteiger partial charge in [0.25, 0.3) is 0 Å². The molecule has 38 heavy (non-hydrogen) atoms. The maximum atomic E-state index is 5.29. The molecule has 3 nitrogen and oxygen atoms in total. The maximum absolute atomic E-state index is 5.29. The number of nitrogens with zero attached hydrogens (tertiary/aromatic N) is 2. The first-order valence-corrected chi connectivity index (χ1v) is 13.5. The molecule has 0 saturated carbocycles. The van der Waals surface area contributed by atoms with E-state index in [4.69, 9.17) is 9.97 Å². The molecule has 0 atom stereocenters. The summed E-state index contributed by atoms with van der Waals surface area (Å²) >= 11 is 1.77. The number of hydrogen-bond acceptors (Lipinski definition) is 3. The van der Waals surface area contributed by atoms with Crippen LogP contribution < -0.4 is 0 Å². The number of fused-ring (bicyclic) bond motifs is 6. The van der Waals surface area contributed by atoms with Gasteiger partial charge in [-0.05, 0) is 35.4 Å². The summed E-state index contributed by atoms with van der Waals surface area (Å²) < 4.78 is 2.34. The molecule has 3 aromatic heterocycles. The van der Waals surface area contributed by atoms with Gasteiger partial charge in [-0.15, -0.1) is 11.3 Å². The van der Waals surface area contributed by atoms with Crippen molar-refractivity contribution in [2.75, 3.05) is 0 Å². The molecule has 0 fully saturated rings. The molecule has 0 saturated heterocycles. The van der Waals surface area contributed by atoms with Gasteiger partial charge in [-0.25, -0.2) is 9.97 Å². The fraction of sp³-hybridized carbons (Fsp3) is 0. The van der Waals surface area contributed by atoms with E-state index in [1.54, 1.807) is 11.3 Å². The minimum Gasteiger partial charge on any atom is -0.354 e. The van der Waals surface area contributed by atoms with Crippen LogP contribution in [0.1, 0.15) is 0 Å². The van der Waals surface area contributed by atoms with Gasteiger partial charge < -0.3 is 4.98 Å². The topological polar surface area (TPSA) is 41.6 Å². The molecule has 0 aliphatic carbocycles. The molecule has 0 unspecified atom stereocenters. The molecular formula is C34H21N3S. The summed E-state index contributed by atoms with van der Waals surface area (Å²) in [6.45, 7) is 0. The second kappa shape index (κ2) is 8.37. The Morgan fingerprint density at radius 1 is 0.553 bits per heavy atom. The van der Waals surface area contributed by atoms with Crippen LogP contribution in [-0.2, 0) is 0 Å². The molecule has 3 heterocycles. The molecule has 0 aliphatic heterocycles. The molecule has 5 aromatic carbocycles. The van der Waals surface area contributed by atoms with Gasteiger partial charge in [0.15, 0.2) is 5.82 Å². The highest BCUT2D eigenvalue weighted by atomic mass is 32.1. The van der Waals surface area contributed by atoms with E-state index in [-0.39, 0.29) is 0 Å². The zero-order valence-corrected chi connectivity index (χ0v) is 21.2. The van der Waals surface area contributed by atoms with Gasteiger partial charge in [0, 0.05) is 43.0 Å². The number of nitrogens with one attached hydrogen (secondary N) is 1. The summed E-state index contributed by atoms with van der Waals surface area (Å²) in [7, 11) is 0. The van der Waals surface area contributed by atoms with E-state index in [2.05, 4.69) is 126 Å². The van der Waals surface area contributed by atoms with E-state index in [9.17, 15) is 0 Å². The van der Waals surface area contributed by atoms with Crippen molar-refractivity contribution in [2.24, 2.45) is 0 Å². The quantitative estimate of drug-likeness (QED) is 0.261. The van der Waals surface area contributed by atoms with Crippen LogP contribution in [0.3, 0.4) is 0 Å². The molecule has 0 bridgehead atoms. The van der Waals surface area contributed by atoms with Crippen molar-refractivity contribution < 1.29 is 0 Å². The Morgan fingerprint density at radius 3 is 2.18 bits per heavy atom. The summed E-state index contributed by atoms with van der Waals surface area (Å²) in [6.07, 6.45) is 0. The zero-order valence-electron chi connectivity index (χ0n) is 20.3. The number of para-hydroxylation sites is 1. The average Bonchev–Trinajstić information content (AvgIpc) is 3.56. The van der Waals surface area contributed by atoms with E-state index in [0.717, 1.165) is 49.3 Å². The monoisotopic (exact) mass is 503 g/mol. The van der Waals surface area contributed by atoms with Gasteiger partial charge in [0.2, 0.25) is 0 Å². The number of rotatable bonds is 3. The second-order valence-electron chi connectivity index (χ2n) is 9.52. The maximum Gasteiger partial charge on any atom is 0.161 e. The van der Waals surface area contributed by atoms with Gasteiger partial charge in [-0.3, -0.25) is 0 Å². The summed E-state index contributed by atoms with van der Waals surface area (Å²) in [5.74, 6) is 0.747. The molecule has 1 N–H and O–H groups in total. The van der Waals surface area contributed by atoms with Crippen molar-refractivity contribution in [2.45, 2.75) is 0 Å². The second-order valence-corrected chi connectivity index (χ2v) is 10.6. The predicted octanol–water partition coefficient (Wildman–Crippen LogP) is 9.48. The number of hydrogen-bond donors (Lipinski definition) is 1. The fourth-order valence-electron chi connectivity index (χ4n) is 5.47. The molecule has 8 rings (SSSR count). The Bertz CT molecular complexity index is 2140. The van der Waals surface area contributed by atoms with E-state index >= 15 is 0 Å². The first-order valence-electron chi connectivity index (χ1n) is 12.7. The third-order valence-corrected chi connectivity index (χ3v) is 8.40. The Balaban J connectivity index is 1.45. The summed E-state index contributed by atoms with van der Waals surface area (Å²) in [5.41, 5.74) is 8.70. The van der Waals surface area contributed by atoms with E-state index < -0.39 is 0 Å². The van der Waals surface area contributed by atoms with E-state index in [1.165, 1.54) is 26.6 Å². The molecule has 8 aromatic rings. The highest BCUT2D eigenvalue weighted by molar-refractivity contribution is 7.26. The number of H-pyrrole nitrogens is 1. The van der Waals surface area contributed by atoms with Gasteiger partial charge >= 0.3 is 0 Å². The van der Waals surface area contributed by atoms with Crippen LogP contribution in [0.4, 0.5) is 0 Å². The average molecular weight is 504 g/mol. The lowest BCUT2D eigenvalue weighted by atomic mass is 10.0. The van der Waals surface area contributed by atoms with Crippen molar-refractivity contribution in [1.29, 1.82) is 0 Å². The molecule has 4 heteroatoms. The van der Waals surface area contributed by atoms with Crippen molar-refractivity contribution >= 4 is 53.4 Å². The number of aromatic nitrogens is 3. The van der Waals surface area contributed by atoms with Crippen molar-refractivity contribution in [1.82, 2.24) is 15.0 Å². The molecule has 0 amide bonds. The Hall–Kier alpha value is -4.80. The Kier molecular flexibility index (Phi) is 4.69. The highest BCUT2D eigenvalue weighted by Gasteiger charge is 2.19. The zero-order chi connectivity index (χ0) is 25.1. The number of benzene rings is 5. The minimum absolute atomic E-state index is 0.747. The lowest BCUT2D eigenvalue weighted by Crippen LogP contribution is -1.94. The third-order valence-electron chi connectivity index (χ3n) is 7.23. The standard InChI is InChI=1S/C34H21N3S/c1-2-10-21(11-3-1)22-12-8-13-23(20-22)31-33-32(25-15-5-7-19-29(25)38-33)37-34(36-31)26-16-9-18-28-30(26)24-14-4-6-17-27(24)35-28/h1-20,35H. The van der Waals surface area contributed by atoms with Crippen LogP contribution in [0.2, 0.25) is 0 Å².